The summed E-state index contributed by atoms with van der Waals surface area (Å²) in [5, 5.41) is 3.49. The number of benzene rings is 1. The number of rotatable bonds is 3. The van der Waals surface area contributed by atoms with Crippen LogP contribution < -0.4 is 10.1 Å². The summed E-state index contributed by atoms with van der Waals surface area (Å²) in [6.07, 6.45) is 4.11. The zero-order chi connectivity index (χ0) is 16.5. The molecule has 26 heavy (non-hydrogen) atoms. The molecule has 140 valence electrons. The fourth-order valence-electron chi connectivity index (χ4n) is 3.51. The average Bonchev–Trinajstić information content (AvgIpc) is 3.04. The lowest BCUT2D eigenvalue weighted by atomic mass is 9.92. The summed E-state index contributed by atoms with van der Waals surface area (Å²) in [6.45, 7) is 3.28. The molecule has 0 bridgehead atoms. The van der Waals surface area contributed by atoms with Gasteiger partial charge in [-0.2, -0.15) is 0 Å². The Morgan fingerprint density at radius 3 is 2.77 bits per heavy atom. The van der Waals surface area contributed by atoms with Crippen molar-refractivity contribution in [2.45, 2.75) is 31.7 Å². The van der Waals surface area contributed by atoms with Crippen molar-refractivity contribution in [3.8, 4) is 28.4 Å². The summed E-state index contributed by atoms with van der Waals surface area (Å²) >= 11 is 0. The molecule has 1 fully saturated rings. The number of hydrogen-bond acceptors (Lipinski definition) is 4. The van der Waals surface area contributed by atoms with Crippen molar-refractivity contribution >= 4 is 12.4 Å². The first-order valence-corrected chi connectivity index (χ1v) is 8.47. The number of nitrogens with zero attached hydrogens (tertiary/aromatic N) is 2. The van der Waals surface area contributed by atoms with Crippen molar-refractivity contribution in [2.24, 2.45) is 0 Å². The molecule has 6 nitrogen and oxygen atoms in total. The SMILES string of the molecule is COc1ccccc1-c1cc2[nH]c(C3CCNC(C)C3)ncc-2n1.Cl.O. The molecular weight excluding hydrogens is 352 g/mol. The number of hydrogen-bond donors (Lipinski definition) is 2. The van der Waals surface area contributed by atoms with Crippen LogP contribution in [-0.2, 0) is 0 Å². The van der Waals surface area contributed by atoms with Gasteiger partial charge in [0.15, 0.2) is 0 Å². The van der Waals surface area contributed by atoms with Crippen molar-refractivity contribution in [1.82, 2.24) is 20.3 Å². The van der Waals surface area contributed by atoms with Crippen LogP contribution >= 0.6 is 12.4 Å². The van der Waals surface area contributed by atoms with Crippen molar-refractivity contribution in [3.05, 3.63) is 42.4 Å². The number of methoxy groups -OCH3 is 1. The number of aromatic amines is 1. The molecule has 0 radical (unpaired) electrons. The number of H-pyrrole nitrogens is 1. The zero-order valence-electron chi connectivity index (χ0n) is 15.0. The number of ether oxygens (including phenoxy) is 1. The van der Waals surface area contributed by atoms with Crippen LogP contribution in [0.5, 0.6) is 5.75 Å². The van der Waals surface area contributed by atoms with Crippen LogP contribution in [0.1, 0.15) is 31.5 Å². The van der Waals surface area contributed by atoms with E-state index in [0.29, 0.717) is 12.0 Å². The largest absolute Gasteiger partial charge is 0.496 e. The van der Waals surface area contributed by atoms with Gasteiger partial charge < -0.3 is 20.5 Å². The van der Waals surface area contributed by atoms with E-state index in [0.717, 1.165) is 53.6 Å². The number of fused-ring (bicyclic) bond motifs is 1. The van der Waals surface area contributed by atoms with Crippen LogP contribution in [0.25, 0.3) is 22.6 Å². The molecule has 3 aliphatic heterocycles. The zero-order valence-corrected chi connectivity index (χ0v) is 15.8. The average molecular weight is 377 g/mol. The van der Waals surface area contributed by atoms with E-state index < -0.39 is 0 Å². The predicted molar refractivity (Wildman–Crippen MR) is 105 cm³/mol. The van der Waals surface area contributed by atoms with Gasteiger partial charge in [0.25, 0.3) is 0 Å². The van der Waals surface area contributed by atoms with Crippen LogP contribution in [0, 0.1) is 0 Å². The fourth-order valence-corrected chi connectivity index (χ4v) is 3.51. The molecule has 0 aliphatic carbocycles. The van der Waals surface area contributed by atoms with Crippen molar-refractivity contribution in [1.29, 1.82) is 0 Å². The summed E-state index contributed by atoms with van der Waals surface area (Å²) in [6, 6.07) is 10.6. The van der Waals surface area contributed by atoms with Gasteiger partial charge >= 0.3 is 0 Å². The Hall–Kier alpha value is -2.15. The molecule has 2 atom stereocenters. The minimum atomic E-state index is 0. The van der Waals surface area contributed by atoms with Crippen molar-refractivity contribution < 1.29 is 10.2 Å². The first kappa shape index (κ1) is 20.2. The molecule has 0 spiro atoms. The van der Waals surface area contributed by atoms with Crippen molar-refractivity contribution in [2.75, 3.05) is 13.7 Å². The van der Waals surface area contributed by atoms with E-state index in [9.17, 15) is 0 Å². The minimum absolute atomic E-state index is 0. The molecule has 1 aromatic carbocycles. The highest BCUT2D eigenvalue weighted by molar-refractivity contribution is 5.85. The van der Waals surface area contributed by atoms with Crippen LogP contribution in [0.2, 0.25) is 0 Å². The van der Waals surface area contributed by atoms with Crippen molar-refractivity contribution in [3.63, 3.8) is 0 Å². The third kappa shape index (κ3) is 3.82. The van der Waals surface area contributed by atoms with E-state index >= 15 is 0 Å². The number of piperidine rings is 1. The Bertz CT molecular complexity index is 823. The summed E-state index contributed by atoms with van der Waals surface area (Å²) in [5.74, 6) is 2.38. The van der Waals surface area contributed by atoms with Gasteiger partial charge in [0.1, 0.15) is 17.3 Å². The van der Waals surface area contributed by atoms with Gasteiger partial charge in [0.2, 0.25) is 0 Å². The maximum absolute atomic E-state index is 5.45. The molecule has 1 aromatic rings. The number of halogens is 1. The standard InChI is InChI=1S/C19H22N4O.ClH.H2O/c1-12-9-13(7-8-20-12)19-21-11-17-16(23-19)10-15(22-17)14-5-3-4-6-18(14)24-2;;/h3-6,10-13,20H,7-9H2,1-2H3,(H,21,23);1H;1H2. The number of nitrogens with one attached hydrogen (secondary N) is 2. The second kappa shape index (κ2) is 8.49. The monoisotopic (exact) mass is 376 g/mol. The first-order chi connectivity index (χ1) is 11.7. The van der Waals surface area contributed by atoms with E-state index in [1.165, 1.54) is 0 Å². The van der Waals surface area contributed by atoms with E-state index in [2.05, 4.69) is 28.3 Å². The third-order valence-corrected chi connectivity index (χ3v) is 4.78. The van der Waals surface area contributed by atoms with E-state index in [-0.39, 0.29) is 17.9 Å². The normalized spacial score (nSPS) is 19.5. The van der Waals surface area contributed by atoms with Gasteiger partial charge in [0, 0.05) is 17.5 Å². The highest BCUT2D eigenvalue weighted by atomic mass is 35.5. The molecule has 7 heteroatoms. The Morgan fingerprint density at radius 1 is 1.19 bits per heavy atom. The second-order valence-electron chi connectivity index (χ2n) is 6.49. The summed E-state index contributed by atoms with van der Waals surface area (Å²) in [7, 11) is 1.69. The maximum atomic E-state index is 5.45. The van der Waals surface area contributed by atoms with Gasteiger partial charge in [-0.25, -0.2) is 9.97 Å². The Balaban J connectivity index is 0.00000121. The summed E-state index contributed by atoms with van der Waals surface area (Å²) < 4.78 is 5.45. The highest BCUT2D eigenvalue weighted by Gasteiger charge is 2.23. The number of aromatic nitrogens is 3. The molecular formula is C19H25ClN4O2. The molecule has 0 saturated carbocycles. The van der Waals surface area contributed by atoms with Crippen LogP contribution in [0.15, 0.2) is 36.5 Å². The lowest BCUT2D eigenvalue weighted by Crippen LogP contribution is -2.35. The highest BCUT2D eigenvalue weighted by Crippen LogP contribution is 2.34. The van der Waals surface area contributed by atoms with E-state index in [4.69, 9.17) is 9.72 Å². The van der Waals surface area contributed by atoms with Gasteiger partial charge in [0.05, 0.1) is 24.7 Å². The lowest BCUT2D eigenvalue weighted by Gasteiger charge is -2.27. The van der Waals surface area contributed by atoms with Crippen LogP contribution in [0.4, 0.5) is 0 Å². The molecule has 0 amide bonds. The molecule has 0 aromatic heterocycles. The molecule has 2 unspecified atom stereocenters. The summed E-state index contributed by atoms with van der Waals surface area (Å²) in [4.78, 5) is 12.8. The first-order valence-electron chi connectivity index (χ1n) is 8.47. The van der Waals surface area contributed by atoms with Crippen LogP contribution in [-0.4, -0.2) is 40.1 Å². The van der Waals surface area contributed by atoms with Crippen LogP contribution in [0.3, 0.4) is 0 Å². The molecule has 4 rings (SSSR count). The molecule has 1 saturated heterocycles. The minimum Gasteiger partial charge on any atom is -0.496 e. The topological polar surface area (TPSA) is 94.3 Å². The Kier molecular flexibility index (Phi) is 6.58. The smallest absolute Gasteiger partial charge is 0.128 e. The second-order valence-corrected chi connectivity index (χ2v) is 6.49. The van der Waals surface area contributed by atoms with E-state index in [1.807, 2.05) is 30.5 Å². The fraction of sp³-hybridized carbons (Fsp3) is 0.368. The Morgan fingerprint density at radius 2 is 2.00 bits per heavy atom. The van der Waals surface area contributed by atoms with Gasteiger partial charge in [-0.15, -0.1) is 12.4 Å². The van der Waals surface area contributed by atoms with Gasteiger partial charge in [-0.05, 0) is 44.5 Å². The molecule has 3 heterocycles. The Labute approximate surface area is 159 Å². The summed E-state index contributed by atoms with van der Waals surface area (Å²) in [5.41, 5.74) is 3.84. The number of para-hydroxylation sites is 1. The van der Waals surface area contributed by atoms with Gasteiger partial charge in [-0.1, -0.05) is 12.1 Å². The lowest BCUT2D eigenvalue weighted by molar-refractivity contribution is 0.371. The molecule has 4 N–H and O–H groups in total. The molecule has 3 aliphatic rings. The third-order valence-electron chi connectivity index (χ3n) is 4.78. The maximum Gasteiger partial charge on any atom is 0.128 e. The van der Waals surface area contributed by atoms with E-state index in [1.54, 1.807) is 7.11 Å². The quantitative estimate of drug-likeness (QED) is 0.734. The predicted octanol–water partition coefficient (Wildman–Crippen LogP) is 3.04. The van der Waals surface area contributed by atoms with Gasteiger partial charge in [-0.3, -0.25) is 0 Å².